The minimum Gasteiger partial charge on any atom is -0.372 e. The van der Waals surface area contributed by atoms with Crippen LogP contribution in [0.25, 0.3) is 0 Å². The van der Waals surface area contributed by atoms with E-state index in [1.807, 2.05) is 0 Å². The molecule has 2 fully saturated rings. The normalized spacial score (nSPS) is 18.4. The number of amides is 3. The molecule has 0 saturated carbocycles. The van der Waals surface area contributed by atoms with Gasteiger partial charge in [0.15, 0.2) is 0 Å². The molecule has 2 aliphatic heterocycles. The Hall–Kier alpha value is -2.49. The van der Waals surface area contributed by atoms with Crippen molar-refractivity contribution in [1.82, 2.24) is 14.9 Å². The predicted molar refractivity (Wildman–Crippen MR) is 77.9 cm³/mol. The van der Waals surface area contributed by atoms with Crippen LogP contribution in [0.3, 0.4) is 0 Å². The molecule has 0 aromatic carbocycles. The molecule has 0 radical (unpaired) electrons. The van der Waals surface area contributed by atoms with Gasteiger partial charge in [-0.1, -0.05) is 6.58 Å². The fourth-order valence-corrected chi connectivity index (χ4v) is 2.37. The number of hydrogen-bond donors (Lipinski definition) is 0. The third-order valence-corrected chi connectivity index (χ3v) is 3.72. The van der Waals surface area contributed by atoms with Gasteiger partial charge in [0.2, 0.25) is 0 Å². The zero-order valence-electron chi connectivity index (χ0n) is 12.4. The van der Waals surface area contributed by atoms with Crippen molar-refractivity contribution in [2.45, 2.75) is 25.7 Å². The summed E-state index contributed by atoms with van der Waals surface area (Å²) in [6.45, 7) is 6.13. The lowest BCUT2D eigenvalue weighted by Gasteiger charge is -2.36. The zero-order chi connectivity index (χ0) is 16.1. The number of imide groups is 1. The molecule has 0 aromatic rings. The summed E-state index contributed by atoms with van der Waals surface area (Å²) in [5.41, 5.74) is 0.955. The van der Waals surface area contributed by atoms with E-state index in [1.165, 1.54) is 4.90 Å². The number of piperazine rings is 1. The Kier molecular flexibility index (Phi) is 5.04. The summed E-state index contributed by atoms with van der Waals surface area (Å²) in [7, 11) is 0. The van der Waals surface area contributed by atoms with Crippen LogP contribution in [-0.4, -0.2) is 58.9 Å². The lowest BCUT2D eigenvalue weighted by Crippen LogP contribution is -2.50. The highest BCUT2D eigenvalue weighted by Crippen LogP contribution is 2.16. The molecular weight excluding hydrogens is 286 g/mol. The first-order valence-corrected chi connectivity index (χ1v) is 7.21. The molecule has 0 aromatic heterocycles. The van der Waals surface area contributed by atoms with Crippen molar-refractivity contribution in [2.24, 2.45) is 0 Å². The Balaban J connectivity index is 1.80. The van der Waals surface area contributed by atoms with Crippen LogP contribution in [0.15, 0.2) is 12.3 Å². The molecule has 3 amide bonds. The highest BCUT2D eigenvalue weighted by Gasteiger charge is 2.34. The first-order valence-electron chi connectivity index (χ1n) is 7.21. The van der Waals surface area contributed by atoms with Crippen LogP contribution >= 0.6 is 0 Å². The van der Waals surface area contributed by atoms with Gasteiger partial charge in [-0.3, -0.25) is 9.59 Å². The van der Waals surface area contributed by atoms with E-state index in [0.29, 0.717) is 37.7 Å². The summed E-state index contributed by atoms with van der Waals surface area (Å²) in [4.78, 5) is 43.3. The fourth-order valence-electron chi connectivity index (χ4n) is 2.37. The lowest BCUT2D eigenvalue weighted by atomic mass is 10.2. The first kappa shape index (κ1) is 15.9. The average Bonchev–Trinajstić information content (AvgIpc) is 2.84. The SMILES string of the molecule is C#CCCC(=C)N1CCN(C(=O)ON2C(=O)CCC2=O)CC1. The van der Waals surface area contributed by atoms with E-state index >= 15 is 0 Å². The van der Waals surface area contributed by atoms with Crippen molar-refractivity contribution >= 4 is 17.9 Å². The molecule has 22 heavy (non-hydrogen) atoms. The van der Waals surface area contributed by atoms with Crippen molar-refractivity contribution < 1.29 is 19.2 Å². The monoisotopic (exact) mass is 305 g/mol. The van der Waals surface area contributed by atoms with E-state index in [2.05, 4.69) is 17.4 Å². The smallest absolute Gasteiger partial charge is 0.372 e. The zero-order valence-corrected chi connectivity index (χ0v) is 12.4. The molecule has 0 atom stereocenters. The molecule has 2 saturated heterocycles. The van der Waals surface area contributed by atoms with E-state index in [4.69, 9.17) is 11.3 Å². The van der Waals surface area contributed by atoms with E-state index in [1.54, 1.807) is 0 Å². The van der Waals surface area contributed by atoms with Gasteiger partial charge in [0.05, 0.1) is 0 Å². The summed E-state index contributed by atoms with van der Waals surface area (Å²) >= 11 is 0. The standard InChI is InChI=1S/C15H19N3O4/c1-3-4-5-12(2)16-8-10-17(11-9-16)15(21)22-18-13(19)6-7-14(18)20/h1H,2,4-11H2. The number of carbonyl (C=O) groups excluding carboxylic acids is 3. The Morgan fingerprint density at radius 1 is 1.14 bits per heavy atom. The van der Waals surface area contributed by atoms with Crippen molar-refractivity contribution in [1.29, 1.82) is 0 Å². The molecule has 0 N–H and O–H groups in total. The second-order valence-electron chi connectivity index (χ2n) is 5.18. The van der Waals surface area contributed by atoms with Crippen LogP contribution in [0, 0.1) is 12.3 Å². The van der Waals surface area contributed by atoms with Crippen molar-refractivity contribution in [3.63, 3.8) is 0 Å². The third-order valence-electron chi connectivity index (χ3n) is 3.72. The lowest BCUT2D eigenvalue weighted by molar-refractivity contribution is -0.174. The van der Waals surface area contributed by atoms with Gasteiger partial charge in [0, 0.05) is 51.1 Å². The van der Waals surface area contributed by atoms with Crippen LogP contribution in [-0.2, 0) is 14.4 Å². The molecule has 118 valence electrons. The van der Waals surface area contributed by atoms with Gasteiger partial charge < -0.3 is 14.6 Å². The minimum atomic E-state index is -0.669. The largest absolute Gasteiger partial charge is 0.434 e. The summed E-state index contributed by atoms with van der Waals surface area (Å²) < 4.78 is 0. The Morgan fingerprint density at radius 2 is 1.68 bits per heavy atom. The summed E-state index contributed by atoms with van der Waals surface area (Å²) in [6.07, 6.45) is 6.12. The fraction of sp³-hybridized carbons (Fsp3) is 0.533. The van der Waals surface area contributed by atoms with Gasteiger partial charge in [-0.25, -0.2) is 4.79 Å². The van der Waals surface area contributed by atoms with Crippen molar-refractivity contribution in [3.8, 4) is 12.3 Å². The van der Waals surface area contributed by atoms with E-state index in [-0.39, 0.29) is 12.8 Å². The maximum absolute atomic E-state index is 12.0. The number of allylic oxidation sites excluding steroid dienone is 1. The van der Waals surface area contributed by atoms with Crippen LogP contribution in [0.2, 0.25) is 0 Å². The molecule has 7 heteroatoms. The number of rotatable bonds is 4. The number of hydroxylamine groups is 2. The molecule has 0 spiro atoms. The van der Waals surface area contributed by atoms with Gasteiger partial charge in [0.1, 0.15) is 0 Å². The molecule has 2 rings (SSSR count). The van der Waals surface area contributed by atoms with E-state index in [0.717, 1.165) is 12.1 Å². The number of terminal acetylenes is 1. The van der Waals surface area contributed by atoms with E-state index in [9.17, 15) is 14.4 Å². The Labute approximate surface area is 129 Å². The topological polar surface area (TPSA) is 70.2 Å². The van der Waals surface area contributed by atoms with Gasteiger partial charge in [0.25, 0.3) is 11.8 Å². The highest BCUT2D eigenvalue weighted by molar-refractivity contribution is 6.01. The number of hydrogen-bond acceptors (Lipinski definition) is 5. The van der Waals surface area contributed by atoms with Crippen LogP contribution in [0.4, 0.5) is 4.79 Å². The molecule has 0 bridgehead atoms. The summed E-state index contributed by atoms with van der Waals surface area (Å²) in [5.74, 6) is 1.63. The molecular formula is C15H19N3O4. The summed E-state index contributed by atoms with van der Waals surface area (Å²) in [6, 6.07) is 0. The highest BCUT2D eigenvalue weighted by atomic mass is 16.7. The second-order valence-corrected chi connectivity index (χ2v) is 5.18. The number of carbonyl (C=O) groups is 3. The predicted octanol–water partition coefficient (Wildman–Crippen LogP) is 0.732. The average molecular weight is 305 g/mol. The molecule has 2 heterocycles. The van der Waals surface area contributed by atoms with Crippen LogP contribution in [0.1, 0.15) is 25.7 Å². The molecule has 2 aliphatic rings. The van der Waals surface area contributed by atoms with Gasteiger partial charge >= 0.3 is 6.09 Å². The molecule has 0 aliphatic carbocycles. The Morgan fingerprint density at radius 3 is 2.23 bits per heavy atom. The number of nitrogens with zero attached hydrogens (tertiary/aromatic N) is 3. The first-order chi connectivity index (χ1) is 10.5. The maximum atomic E-state index is 12.0. The molecule has 7 nitrogen and oxygen atoms in total. The van der Waals surface area contributed by atoms with Crippen molar-refractivity contribution in [2.75, 3.05) is 26.2 Å². The van der Waals surface area contributed by atoms with E-state index < -0.39 is 17.9 Å². The summed E-state index contributed by atoms with van der Waals surface area (Å²) in [5, 5.41) is 0.570. The second kappa shape index (κ2) is 6.98. The minimum absolute atomic E-state index is 0.0922. The van der Waals surface area contributed by atoms with Crippen LogP contribution in [0.5, 0.6) is 0 Å². The van der Waals surface area contributed by atoms with Gasteiger partial charge in [-0.15, -0.1) is 17.4 Å². The third kappa shape index (κ3) is 3.58. The molecule has 0 unspecified atom stereocenters. The van der Waals surface area contributed by atoms with Crippen molar-refractivity contribution in [3.05, 3.63) is 12.3 Å². The van der Waals surface area contributed by atoms with Crippen LogP contribution < -0.4 is 0 Å². The van der Waals surface area contributed by atoms with Gasteiger partial charge in [-0.2, -0.15) is 0 Å². The quantitative estimate of drug-likeness (QED) is 0.566. The maximum Gasteiger partial charge on any atom is 0.434 e. The van der Waals surface area contributed by atoms with Gasteiger partial charge in [-0.05, 0) is 6.42 Å². The Bertz CT molecular complexity index is 513.